The normalized spacial score (nSPS) is 18.7. The van der Waals surface area contributed by atoms with Crippen molar-refractivity contribution in [3.8, 4) is 11.4 Å². The predicted molar refractivity (Wildman–Crippen MR) is 106 cm³/mol. The number of benzene rings is 1. The van der Waals surface area contributed by atoms with Crippen LogP contribution in [0.3, 0.4) is 0 Å². The van der Waals surface area contributed by atoms with Crippen molar-refractivity contribution in [2.75, 3.05) is 6.54 Å². The summed E-state index contributed by atoms with van der Waals surface area (Å²) in [6, 6.07) is 7.97. The van der Waals surface area contributed by atoms with E-state index in [1.807, 2.05) is 36.1 Å². The highest BCUT2D eigenvalue weighted by molar-refractivity contribution is 5.77. The van der Waals surface area contributed by atoms with Gasteiger partial charge in [-0.05, 0) is 37.5 Å². The van der Waals surface area contributed by atoms with E-state index in [2.05, 4.69) is 37.8 Å². The fourth-order valence-electron chi connectivity index (χ4n) is 4.05. The van der Waals surface area contributed by atoms with Crippen molar-refractivity contribution in [2.45, 2.75) is 66.3 Å². The molecule has 2 unspecified atom stereocenters. The van der Waals surface area contributed by atoms with E-state index in [1.54, 1.807) is 0 Å². The molecule has 1 aliphatic rings. The lowest BCUT2D eigenvalue weighted by Gasteiger charge is -2.26. The van der Waals surface area contributed by atoms with Crippen molar-refractivity contribution in [3.63, 3.8) is 0 Å². The molecule has 0 bridgehead atoms. The van der Waals surface area contributed by atoms with Crippen LogP contribution in [0.2, 0.25) is 0 Å². The molecule has 0 saturated carbocycles. The highest BCUT2D eigenvalue weighted by Crippen LogP contribution is 2.34. The van der Waals surface area contributed by atoms with E-state index in [0.29, 0.717) is 24.1 Å². The number of carbonyl (C=O) groups excluding carboxylic acids is 1. The lowest BCUT2D eigenvalue weighted by Crippen LogP contribution is -2.32. The fourth-order valence-corrected chi connectivity index (χ4v) is 4.05. The van der Waals surface area contributed by atoms with Crippen LogP contribution in [0.5, 0.6) is 0 Å². The van der Waals surface area contributed by atoms with Gasteiger partial charge in [-0.1, -0.05) is 62.7 Å². The number of carbonyl (C=O) groups is 1. The van der Waals surface area contributed by atoms with Gasteiger partial charge in [-0.2, -0.15) is 4.98 Å². The second kappa shape index (κ2) is 7.83. The van der Waals surface area contributed by atoms with Gasteiger partial charge in [0.05, 0.1) is 0 Å². The Kier molecular flexibility index (Phi) is 5.68. The Morgan fingerprint density at radius 2 is 2.00 bits per heavy atom. The highest BCUT2D eigenvalue weighted by Gasteiger charge is 2.34. The van der Waals surface area contributed by atoms with Gasteiger partial charge in [0.15, 0.2) is 0 Å². The third-order valence-electron chi connectivity index (χ3n) is 5.09. The van der Waals surface area contributed by atoms with Crippen LogP contribution in [-0.4, -0.2) is 27.5 Å². The minimum absolute atomic E-state index is 0.0916. The van der Waals surface area contributed by atoms with E-state index in [9.17, 15) is 4.79 Å². The van der Waals surface area contributed by atoms with E-state index >= 15 is 0 Å². The second-order valence-electron chi connectivity index (χ2n) is 9.14. The van der Waals surface area contributed by atoms with Crippen molar-refractivity contribution in [1.29, 1.82) is 0 Å². The minimum atomic E-state index is -0.0916. The van der Waals surface area contributed by atoms with Crippen molar-refractivity contribution in [1.82, 2.24) is 15.0 Å². The summed E-state index contributed by atoms with van der Waals surface area (Å²) in [6.45, 7) is 11.6. The Hall–Kier alpha value is -2.17. The van der Waals surface area contributed by atoms with Crippen molar-refractivity contribution in [2.24, 2.45) is 11.3 Å². The molecule has 1 amide bonds. The maximum atomic E-state index is 12.9. The molecule has 1 fully saturated rings. The first-order chi connectivity index (χ1) is 12.7. The van der Waals surface area contributed by atoms with Crippen LogP contribution in [0.15, 0.2) is 28.8 Å². The molecule has 5 nitrogen and oxygen atoms in total. The Balaban J connectivity index is 1.69. The van der Waals surface area contributed by atoms with Gasteiger partial charge < -0.3 is 9.42 Å². The number of aryl methyl sites for hydroxylation is 1. The molecule has 0 N–H and O–H groups in total. The number of amides is 1. The van der Waals surface area contributed by atoms with Crippen LogP contribution < -0.4 is 0 Å². The molecule has 1 saturated heterocycles. The van der Waals surface area contributed by atoms with Crippen molar-refractivity contribution >= 4 is 5.91 Å². The van der Waals surface area contributed by atoms with E-state index in [-0.39, 0.29) is 17.4 Å². The van der Waals surface area contributed by atoms with Gasteiger partial charge in [0, 0.05) is 18.5 Å². The summed E-state index contributed by atoms with van der Waals surface area (Å²) in [6.07, 6.45) is 3.48. The van der Waals surface area contributed by atoms with E-state index < -0.39 is 0 Å². The molecule has 5 heteroatoms. The van der Waals surface area contributed by atoms with Crippen LogP contribution in [-0.2, 0) is 4.79 Å². The molecule has 0 aliphatic carbocycles. The van der Waals surface area contributed by atoms with Gasteiger partial charge in [-0.3, -0.25) is 4.79 Å². The minimum Gasteiger partial charge on any atom is -0.337 e. The van der Waals surface area contributed by atoms with Crippen LogP contribution in [0, 0.1) is 18.3 Å². The zero-order valence-corrected chi connectivity index (χ0v) is 17.2. The monoisotopic (exact) mass is 369 g/mol. The smallest absolute Gasteiger partial charge is 0.249 e. The largest absolute Gasteiger partial charge is 0.337 e. The lowest BCUT2D eigenvalue weighted by atomic mass is 9.84. The van der Waals surface area contributed by atoms with Gasteiger partial charge >= 0.3 is 0 Å². The lowest BCUT2D eigenvalue weighted by molar-refractivity contribution is -0.133. The van der Waals surface area contributed by atoms with Crippen molar-refractivity contribution < 1.29 is 9.32 Å². The van der Waals surface area contributed by atoms with Crippen LogP contribution in [0.1, 0.15) is 70.9 Å². The topological polar surface area (TPSA) is 59.2 Å². The van der Waals surface area contributed by atoms with E-state index in [1.165, 1.54) is 5.56 Å². The Bertz CT molecular complexity index is 774. The van der Waals surface area contributed by atoms with Gasteiger partial charge in [0.1, 0.15) is 6.04 Å². The predicted octanol–water partition coefficient (Wildman–Crippen LogP) is 5.17. The first kappa shape index (κ1) is 19.6. The molecule has 1 aliphatic heterocycles. The molecule has 1 aromatic carbocycles. The number of hydrogen-bond acceptors (Lipinski definition) is 4. The molecule has 1 aromatic heterocycles. The molecular weight excluding hydrogens is 338 g/mol. The molecule has 27 heavy (non-hydrogen) atoms. The third-order valence-corrected chi connectivity index (χ3v) is 5.09. The average Bonchev–Trinajstić information content (AvgIpc) is 3.22. The van der Waals surface area contributed by atoms with Crippen molar-refractivity contribution in [3.05, 3.63) is 35.7 Å². The summed E-state index contributed by atoms with van der Waals surface area (Å²) in [4.78, 5) is 19.4. The Morgan fingerprint density at radius 3 is 2.67 bits per heavy atom. The summed E-state index contributed by atoms with van der Waals surface area (Å²) in [5.74, 6) is 1.71. The first-order valence-corrected chi connectivity index (χ1v) is 9.93. The van der Waals surface area contributed by atoms with Crippen LogP contribution >= 0.6 is 0 Å². The average molecular weight is 370 g/mol. The highest BCUT2D eigenvalue weighted by atomic mass is 16.5. The number of hydrogen-bond donors (Lipinski definition) is 0. The molecular formula is C22H31N3O2. The van der Waals surface area contributed by atoms with Crippen LogP contribution in [0.4, 0.5) is 0 Å². The van der Waals surface area contributed by atoms with Gasteiger partial charge in [-0.15, -0.1) is 0 Å². The van der Waals surface area contributed by atoms with E-state index in [0.717, 1.165) is 31.4 Å². The summed E-state index contributed by atoms with van der Waals surface area (Å²) >= 11 is 0. The zero-order chi connectivity index (χ0) is 19.6. The number of aromatic nitrogens is 2. The Labute approximate surface area is 162 Å². The van der Waals surface area contributed by atoms with E-state index in [4.69, 9.17) is 4.52 Å². The molecule has 2 atom stereocenters. The molecule has 3 rings (SSSR count). The summed E-state index contributed by atoms with van der Waals surface area (Å²) in [5, 5.41) is 4.14. The van der Waals surface area contributed by atoms with Crippen LogP contribution in [0.25, 0.3) is 11.4 Å². The molecule has 146 valence electrons. The molecule has 0 spiro atoms. The zero-order valence-electron chi connectivity index (χ0n) is 17.2. The quantitative estimate of drug-likeness (QED) is 0.729. The molecule has 0 radical (unpaired) electrons. The number of rotatable bonds is 5. The van der Waals surface area contributed by atoms with Gasteiger partial charge in [-0.25, -0.2) is 0 Å². The standard InChI is InChI=1S/C22H31N3O2/c1-15-8-10-17(11-9-15)20-23-21(27-24-20)18-7-6-12-25(18)19(26)13-16(2)14-22(3,4)5/h8-11,16,18H,6-7,12-14H2,1-5H3. The summed E-state index contributed by atoms with van der Waals surface area (Å²) < 4.78 is 5.54. The molecule has 2 heterocycles. The third kappa shape index (κ3) is 4.96. The maximum absolute atomic E-state index is 12.9. The Morgan fingerprint density at radius 1 is 1.30 bits per heavy atom. The maximum Gasteiger partial charge on any atom is 0.249 e. The number of nitrogens with zero attached hydrogens (tertiary/aromatic N) is 3. The second-order valence-corrected chi connectivity index (χ2v) is 9.14. The van der Waals surface area contributed by atoms with Gasteiger partial charge in [0.25, 0.3) is 0 Å². The number of likely N-dealkylation sites (tertiary alicyclic amines) is 1. The fraction of sp³-hybridized carbons (Fsp3) is 0.591. The SMILES string of the molecule is Cc1ccc(-c2noc(C3CCCN3C(=O)CC(C)CC(C)(C)C)n2)cc1. The summed E-state index contributed by atoms with van der Waals surface area (Å²) in [7, 11) is 0. The molecule has 2 aromatic rings. The first-order valence-electron chi connectivity index (χ1n) is 9.93. The van der Waals surface area contributed by atoms with Gasteiger partial charge in [0.2, 0.25) is 17.6 Å². The summed E-state index contributed by atoms with van der Waals surface area (Å²) in [5.41, 5.74) is 2.36.